The Kier molecular flexibility index (Phi) is 7.75. The minimum Gasteiger partial charge on any atom is -0.364 e. The van der Waals surface area contributed by atoms with Gasteiger partial charge in [-0.25, -0.2) is 0 Å². The van der Waals surface area contributed by atoms with E-state index in [0.717, 1.165) is 29.4 Å². The summed E-state index contributed by atoms with van der Waals surface area (Å²) >= 11 is 1.47. The minimum atomic E-state index is -0.148. The highest BCUT2D eigenvalue weighted by Crippen LogP contribution is 2.23. The maximum Gasteiger partial charge on any atom is 0.231 e. The lowest BCUT2D eigenvalue weighted by Gasteiger charge is -2.28. The number of halogens is 1. The fraction of sp³-hybridized carbons (Fsp3) is 0.333. The first-order valence-electron chi connectivity index (χ1n) is 8.84. The van der Waals surface area contributed by atoms with Gasteiger partial charge in [-0.3, -0.25) is 9.79 Å². The number of hydrogen-bond acceptors (Lipinski definition) is 4. The number of aliphatic imine (C=N–C) groups is 1. The predicted molar refractivity (Wildman–Crippen MR) is 117 cm³/mol. The summed E-state index contributed by atoms with van der Waals surface area (Å²) in [6.45, 7) is 6.04. The van der Waals surface area contributed by atoms with E-state index < -0.39 is 0 Å². The molecule has 0 aromatic heterocycles. The van der Waals surface area contributed by atoms with Crippen molar-refractivity contribution in [2.24, 2.45) is 10.4 Å². The number of amidine groups is 1. The number of benzene rings is 2. The van der Waals surface area contributed by atoms with Crippen LogP contribution in [0.4, 0.5) is 0 Å². The summed E-state index contributed by atoms with van der Waals surface area (Å²) in [6.07, 6.45) is 0. The van der Waals surface area contributed by atoms with Gasteiger partial charge in [-0.2, -0.15) is 0 Å². The first-order chi connectivity index (χ1) is 12.5. The highest BCUT2D eigenvalue weighted by atomic mass is 35.5. The number of hydrogen-bond donors (Lipinski definition) is 2. The third-order valence-electron chi connectivity index (χ3n) is 4.28. The number of nitrogens with one attached hydrogen (secondary N) is 2. The second kappa shape index (κ2) is 9.81. The van der Waals surface area contributed by atoms with Gasteiger partial charge in [-0.1, -0.05) is 86.3 Å². The third-order valence-corrected chi connectivity index (χ3v) is 5.23. The zero-order valence-electron chi connectivity index (χ0n) is 15.6. The van der Waals surface area contributed by atoms with Crippen molar-refractivity contribution in [3.63, 3.8) is 0 Å². The molecule has 27 heavy (non-hydrogen) atoms. The SMILES string of the molecule is CC1(C)CN=C(SCC(=O)NC(c2ccccc2)c2ccccc2)NC1.Cl. The van der Waals surface area contributed by atoms with E-state index in [1.54, 1.807) is 0 Å². The van der Waals surface area contributed by atoms with Crippen molar-refractivity contribution < 1.29 is 4.79 Å². The summed E-state index contributed by atoms with van der Waals surface area (Å²) < 4.78 is 0. The summed E-state index contributed by atoms with van der Waals surface area (Å²) in [7, 11) is 0. The standard InChI is InChI=1S/C21H25N3OS.ClH/c1-21(2)14-22-20(23-15-21)26-13-18(25)24-19(16-9-5-3-6-10-16)17-11-7-4-8-12-17;/h3-12,19H,13-15H2,1-2H3,(H,22,23)(H,24,25);1H. The Bertz CT molecular complexity index is 726. The van der Waals surface area contributed by atoms with E-state index in [-0.39, 0.29) is 29.8 Å². The Hall–Kier alpha value is -1.98. The van der Waals surface area contributed by atoms with E-state index >= 15 is 0 Å². The maximum absolute atomic E-state index is 12.6. The zero-order valence-corrected chi connectivity index (χ0v) is 17.3. The van der Waals surface area contributed by atoms with Crippen molar-refractivity contribution in [1.82, 2.24) is 10.6 Å². The first-order valence-corrected chi connectivity index (χ1v) is 9.82. The summed E-state index contributed by atoms with van der Waals surface area (Å²) in [6, 6.07) is 20.0. The predicted octanol–water partition coefficient (Wildman–Crippen LogP) is 4.03. The van der Waals surface area contributed by atoms with Crippen LogP contribution in [0.2, 0.25) is 0 Å². The van der Waals surface area contributed by atoms with E-state index in [0.29, 0.717) is 5.75 Å². The zero-order chi connectivity index (χ0) is 18.4. The van der Waals surface area contributed by atoms with Crippen LogP contribution in [0.5, 0.6) is 0 Å². The average Bonchev–Trinajstić information content (AvgIpc) is 2.66. The molecule has 0 spiro atoms. The van der Waals surface area contributed by atoms with Gasteiger partial charge < -0.3 is 10.6 Å². The van der Waals surface area contributed by atoms with E-state index in [4.69, 9.17) is 0 Å². The van der Waals surface area contributed by atoms with Crippen molar-refractivity contribution >= 4 is 35.2 Å². The molecule has 0 radical (unpaired) electrons. The molecular weight excluding hydrogens is 378 g/mol. The summed E-state index contributed by atoms with van der Waals surface area (Å²) in [4.78, 5) is 17.1. The lowest BCUT2D eigenvalue weighted by molar-refractivity contribution is -0.119. The third kappa shape index (κ3) is 6.29. The van der Waals surface area contributed by atoms with Crippen LogP contribution in [-0.4, -0.2) is 29.9 Å². The number of carbonyl (C=O) groups excluding carboxylic acids is 1. The molecule has 6 heteroatoms. The smallest absolute Gasteiger partial charge is 0.231 e. The van der Waals surface area contributed by atoms with Crippen LogP contribution in [-0.2, 0) is 4.79 Å². The highest BCUT2D eigenvalue weighted by molar-refractivity contribution is 8.14. The average molecular weight is 404 g/mol. The molecule has 0 atom stereocenters. The Morgan fingerprint density at radius 1 is 1.11 bits per heavy atom. The van der Waals surface area contributed by atoms with Gasteiger partial charge in [0.2, 0.25) is 5.91 Å². The monoisotopic (exact) mass is 403 g/mol. The Balaban J connectivity index is 0.00000261. The van der Waals surface area contributed by atoms with Crippen molar-refractivity contribution in [3.05, 3.63) is 71.8 Å². The molecular formula is C21H26ClN3OS. The van der Waals surface area contributed by atoms with Gasteiger partial charge in [-0.05, 0) is 11.1 Å². The summed E-state index contributed by atoms with van der Waals surface area (Å²) in [5.74, 6) is 0.352. The number of carbonyl (C=O) groups is 1. The summed E-state index contributed by atoms with van der Waals surface area (Å²) in [5.41, 5.74) is 2.33. The fourth-order valence-corrected chi connectivity index (χ4v) is 3.48. The number of thioether (sulfide) groups is 1. The lowest BCUT2D eigenvalue weighted by Crippen LogP contribution is -2.40. The first kappa shape index (κ1) is 21.3. The molecule has 0 fully saturated rings. The molecule has 3 rings (SSSR count). The second-order valence-electron chi connectivity index (χ2n) is 7.25. The number of amides is 1. The van der Waals surface area contributed by atoms with E-state index in [9.17, 15) is 4.79 Å². The van der Waals surface area contributed by atoms with Crippen LogP contribution in [0.15, 0.2) is 65.7 Å². The molecule has 1 aliphatic heterocycles. The van der Waals surface area contributed by atoms with Gasteiger partial charge in [0, 0.05) is 18.5 Å². The van der Waals surface area contributed by atoms with Crippen molar-refractivity contribution in [2.45, 2.75) is 19.9 Å². The van der Waals surface area contributed by atoms with Gasteiger partial charge >= 0.3 is 0 Å². The normalized spacial score (nSPS) is 15.3. The van der Waals surface area contributed by atoms with Crippen LogP contribution in [0.25, 0.3) is 0 Å². The fourth-order valence-electron chi connectivity index (χ4n) is 2.80. The van der Waals surface area contributed by atoms with Crippen molar-refractivity contribution in [2.75, 3.05) is 18.8 Å². The Labute approximate surface area is 171 Å². The molecule has 0 aliphatic carbocycles. The van der Waals surface area contributed by atoms with E-state index in [1.165, 1.54) is 11.8 Å². The van der Waals surface area contributed by atoms with Gasteiger partial charge in [0.1, 0.15) is 0 Å². The molecule has 0 saturated heterocycles. The lowest BCUT2D eigenvalue weighted by atomic mass is 9.93. The van der Waals surface area contributed by atoms with Crippen molar-refractivity contribution in [3.8, 4) is 0 Å². The minimum absolute atomic E-state index is 0. The molecule has 2 aromatic carbocycles. The number of rotatable bonds is 5. The maximum atomic E-state index is 12.6. The molecule has 0 saturated carbocycles. The topological polar surface area (TPSA) is 53.5 Å². The quantitative estimate of drug-likeness (QED) is 0.792. The van der Waals surface area contributed by atoms with Crippen LogP contribution >= 0.6 is 24.2 Å². The largest absolute Gasteiger partial charge is 0.364 e. The molecule has 1 aliphatic rings. The molecule has 0 bridgehead atoms. The molecule has 2 aromatic rings. The highest BCUT2D eigenvalue weighted by Gasteiger charge is 2.23. The van der Waals surface area contributed by atoms with Crippen LogP contribution in [0, 0.1) is 5.41 Å². The Morgan fingerprint density at radius 3 is 2.15 bits per heavy atom. The molecule has 4 nitrogen and oxygen atoms in total. The molecule has 144 valence electrons. The van der Waals surface area contributed by atoms with E-state index in [1.807, 2.05) is 60.7 Å². The second-order valence-corrected chi connectivity index (χ2v) is 8.21. The van der Waals surface area contributed by atoms with Gasteiger partial charge in [0.05, 0.1) is 11.8 Å². The van der Waals surface area contributed by atoms with Crippen LogP contribution < -0.4 is 10.6 Å². The summed E-state index contributed by atoms with van der Waals surface area (Å²) in [5, 5.41) is 7.33. The van der Waals surface area contributed by atoms with Gasteiger partial charge in [0.15, 0.2) is 5.17 Å². The molecule has 2 N–H and O–H groups in total. The number of nitrogens with zero attached hydrogens (tertiary/aromatic N) is 1. The molecule has 1 amide bonds. The van der Waals surface area contributed by atoms with Gasteiger partial charge in [-0.15, -0.1) is 12.4 Å². The van der Waals surface area contributed by atoms with Gasteiger partial charge in [0.25, 0.3) is 0 Å². The molecule has 1 heterocycles. The molecule has 0 unspecified atom stereocenters. The Morgan fingerprint density at radius 2 is 1.67 bits per heavy atom. The van der Waals surface area contributed by atoms with Crippen LogP contribution in [0.3, 0.4) is 0 Å². The van der Waals surface area contributed by atoms with Crippen molar-refractivity contribution in [1.29, 1.82) is 0 Å². The van der Waals surface area contributed by atoms with Crippen LogP contribution in [0.1, 0.15) is 31.0 Å². The van der Waals surface area contributed by atoms with E-state index in [2.05, 4.69) is 29.5 Å².